The van der Waals surface area contributed by atoms with Gasteiger partial charge in [-0.15, -0.1) is 0 Å². The number of hydrogen-bond donors (Lipinski definition) is 2. The summed E-state index contributed by atoms with van der Waals surface area (Å²) in [6.07, 6.45) is 1.67. The van der Waals surface area contributed by atoms with E-state index in [0.29, 0.717) is 5.56 Å². The zero-order valence-electron chi connectivity index (χ0n) is 17.1. The van der Waals surface area contributed by atoms with Crippen molar-refractivity contribution in [3.8, 4) is 0 Å². The first-order chi connectivity index (χ1) is 13.8. The van der Waals surface area contributed by atoms with Crippen LogP contribution < -0.4 is 10.6 Å². The second-order valence-corrected chi connectivity index (χ2v) is 7.63. The van der Waals surface area contributed by atoms with Crippen molar-refractivity contribution in [2.45, 2.75) is 45.2 Å². The maximum Gasteiger partial charge on any atom is 0.325 e. The number of nitrogens with zero attached hydrogens (tertiary/aromatic N) is 1. The fourth-order valence-electron chi connectivity index (χ4n) is 3.60. The molecule has 2 N–H and O–H groups in total. The van der Waals surface area contributed by atoms with Crippen LogP contribution >= 0.6 is 0 Å². The lowest BCUT2D eigenvalue weighted by Crippen LogP contribution is -2.43. The summed E-state index contributed by atoms with van der Waals surface area (Å²) in [6.45, 7) is 5.36. The fourth-order valence-corrected chi connectivity index (χ4v) is 3.60. The average molecular weight is 393 g/mol. The Morgan fingerprint density at radius 2 is 1.76 bits per heavy atom. The molecule has 1 heterocycles. The first kappa shape index (κ1) is 20.6. The summed E-state index contributed by atoms with van der Waals surface area (Å²) in [6, 6.07) is 16.4. The Labute approximate surface area is 171 Å². The number of hydrogen-bond acceptors (Lipinski definition) is 3. The molecule has 0 aromatic heterocycles. The average Bonchev–Trinajstić information content (AvgIpc) is 2.92. The molecule has 29 heavy (non-hydrogen) atoms. The second kappa shape index (κ2) is 8.47. The van der Waals surface area contributed by atoms with E-state index >= 15 is 0 Å². The predicted molar refractivity (Wildman–Crippen MR) is 111 cm³/mol. The Morgan fingerprint density at radius 1 is 1.10 bits per heavy atom. The fraction of sp³-hybridized carbons (Fsp3) is 0.348. The lowest BCUT2D eigenvalue weighted by atomic mass is 9.91. The Morgan fingerprint density at radius 3 is 2.38 bits per heavy atom. The number of urea groups is 1. The molecule has 0 bridgehead atoms. The van der Waals surface area contributed by atoms with Crippen LogP contribution in [0.3, 0.4) is 0 Å². The van der Waals surface area contributed by atoms with Crippen molar-refractivity contribution >= 4 is 17.8 Å². The quantitative estimate of drug-likeness (QED) is 0.708. The van der Waals surface area contributed by atoms with Crippen LogP contribution in [0.25, 0.3) is 0 Å². The molecule has 0 aliphatic carbocycles. The van der Waals surface area contributed by atoms with E-state index in [1.54, 1.807) is 6.92 Å². The minimum atomic E-state index is -1.17. The summed E-state index contributed by atoms with van der Waals surface area (Å²) >= 11 is 0. The normalized spacial score (nSPS) is 19.8. The van der Waals surface area contributed by atoms with Crippen LogP contribution in [0.5, 0.6) is 0 Å². The molecule has 4 amide bonds. The maximum absolute atomic E-state index is 13.0. The van der Waals surface area contributed by atoms with Gasteiger partial charge in [-0.1, -0.05) is 73.5 Å². The molecule has 0 spiro atoms. The number of aryl methyl sites for hydroxylation is 1. The third kappa shape index (κ3) is 4.31. The monoisotopic (exact) mass is 393 g/mol. The van der Waals surface area contributed by atoms with E-state index in [9.17, 15) is 14.4 Å². The van der Waals surface area contributed by atoms with Gasteiger partial charge in [0, 0.05) is 0 Å². The predicted octanol–water partition coefficient (Wildman–Crippen LogP) is 3.42. The molecule has 1 fully saturated rings. The Bertz CT molecular complexity index is 895. The molecule has 1 saturated heterocycles. The van der Waals surface area contributed by atoms with Crippen LogP contribution in [0.4, 0.5) is 4.79 Å². The van der Waals surface area contributed by atoms with E-state index in [0.717, 1.165) is 28.9 Å². The molecule has 6 nitrogen and oxygen atoms in total. The van der Waals surface area contributed by atoms with Gasteiger partial charge in [0.25, 0.3) is 5.91 Å². The minimum Gasteiger partial charge on any atom is -0.348 e. The maximum atomic E-state index is 13.0. The van der Waals surface area contributed by atoms with Crippen molar-refractivity contribution in [1.29, 1.82) is 0 Å². The van der Waals surface area contributed by atoms with Crippen molar-refractivity contribution in [2.75, 3.05) is 6.54 Å². The molecule has 0 saturated carbocycles. The van der Waals surface area contributed by atoms with Gasteiger partial charge in [-0.3, -0.25) is 14.5 Å². The van der Waals surface area contributed by atoms with Gasteiger partial charge < -0.3 is 10.6 Å². The van der Waals surface area contributed by atoms with Gasteiger partial charge in [0.05, 0.1) is 6.04 Å². The van der Waals surface area contributed by atoms with Gasteiger partial charge in [-0.25, -0.2) is 4.79 Å². The van der Waals surface area contributed by atoms with Crippen LogP contribution in [0, 0.1) is 6.92 Å². The van der Waals surface area contributed by atoms with E-state index in [4.69, 9.17) is 0 Å². The lowest BCUT2D eigenvalue weighted by Gasteiger charge is -2.23. The Hall–Kier alpha value is -3.15. The van der Waals surface area contributed by atoms with Crippen LogP contribution in [0.2, 0.25) is 0 Å². The van der Waals surface area contributed by atoms with Gasteiger partial charge in [-0.05, 0) is 31.4 Å². The molecule has 0 radical (unpaired) electrons. The number of benzene rings is 2. The molecule has 2 atom stereocenters. The highest BCUT2D eigenvalue weighted by Crippen LogP contribution is 2.29. The number of nitrogens with one attached hydrogen (secondary N) is 2. The molecule has 0 unspecified atom stereocenters. The largest absolute Gasteiger partial charge is 0.348 e. The summed E-state index contributed by atoms with van der Waals surface area (Å²) in [5.74, 6) is -0.780. The van der Waals surface area contributed by atoms with Gasteiger partial charge >= 0.3 is 6.03 Å². The van der Waals surface area contributed by atoms with E-state index in [2.05, 4.69) is 10.6 Å². The standard InChI is InChI=1S/C23H27N3O3/c1-4-8-19(17-9-6-5-7-10-17)24-20(27)15-26-21(28)23(3,25-22(26)29)18-13-11-16(2)12-14-18/h5-7,9-14,19H,4,8,15H2,1-3H3,(H,24,27)(H,25,29)/t19-,23-/m0/s1. The SMILES string of the molecule is CCC[C@H](NC(=O)CN1C(=O)N[C@@](C)(c2ccc(C)cc2)C1=O)c1ccccc1. The van der Waals surface area contributed by atoms with Crippen molar-refractivity contribution in [2.24, 2.45) is 0 Å². The van der Waals surface area contributed by atoms with Crippen molar-refractivity contribution in [3.63, 3.8) is 0 Å². The number of imide groups is 1. The molecule has 3 rings (SSSR count). The number of carbonyl (C=O) groups excluding carboxylic acids is 3. The van der Waals surface area contributed by atoms with E-state index < -0.39 is 17.5 Å². The molecule has 6 heteroatoms. The van der Waals surface area contributed by atoms with Crippen molar-refractivity contribution in [3.05, 3.63) is 71.3 Å². The highest BCUT2D eigenvalue weighted by Gasteiger charge is 2.49. The smallest absolute Gasteiger partial charge is 0.325 e. The molecular weight excluding hydrogens is 366 g/mol. The van der Waals surface area contributed by atoms with Gasteiger partial charge in [0.15, 0.2) is 0 Å². The van der Waals surface area contributed by atoms with Crippen molar-refractivity contribution in [1.82, 2.24) is 15.5 Å². The lowest BCUT2D eigenvalue weighted by molar-refractivity contribution is -0.135. The van der Waals surface area contributed by atoms with E-state index in [1.807, 2.05) is 68.4 Å². The number of rotatable bonds is 7. The first-order valence-corrected chi connectivity index (χ1v) is 9.90. The molecule has 1 aliphatic heterocycles. The summed E-state index contributed by atoms with van der Waals surface area (Å²) < 4.78 is 0. The van der Waals surface area contributed by atoms with Gasteiger partial charge in [0.1, 0.15) is 12.1 Å². The third-order valence-electron chi connectivity index (χ3n) is 5.32. The van der Waals surface area contributed by atoms with Gasteiger partial charge in [-0.2, -0.15) is 0 Å². The zero-order chi connectivity index (χ0) is 21.0. The van der Waals surface area contributed by atoms with Crippen LogP contribution in [-0.2, 0) is 15.1 Å². The van der Waals surface area contributed by atoms with Crippen molar-refractivity contribution < 1.29 is 14.4 Å². The van der Waals surface area contributed by atoms with Crippen LogP contribution in [-0.4, -0.2) is 29.3 Å². The Kier molecular flexibility index (Phi) is 6.01. The second-order valence-electron chi connectivity index (χ2n) is 7.63. The van der Waals surface area contributed by atoms with E-state index in [1.165, 1.54) is 0 Å². The summed E-state index contributed by atoms with van der Waals surface area (Å²) in [7, 11) is 0. The molecule has 2 aromatic rings. The third-order valence-corrected chi connectivity index (χ3v) is 5.32. The molecular formula is C23H27N3O3. The van der Waals surface area contributed by atoms with E-state index in [-0.39, 0.29) is 18.5 Å². The number of amides is 4. The highest BCUT2D eigenvalue weighted by atomic mass is 16.2. The summed E-state index contributed by atoms with van der Waals surface area (Å²) in [5.41, 5.74) is 1.59. The highest BCUT2D eigenvalue weighted by molar-refractivity contribution is 6.09. The molecule has 1 aliphatic rings. The molecule has 152 valence electrons. The number of carbonyl (C=O) groups is 3. The topological polar surface area (TPSA) is 78.5 Å². The zero-order valence-corrected chi connectivity index (χ0v) is 17.1. The van der Waals surface area contributed by atoms with Gasteiger partial charge in [0.2, 0.25) is 5.91 Å². The first-order valence-electron chi connectivity index (χ1n) is 9.90. The summed E-state index contributed by atoms with van der Waals surface area (Å²) in [5, 5.41) is 5.70. The summed E-state index contributed by atoms with van der Waals surface area (Å²) in [4.78, 5) is 39.1. The minimum absolute atomic E-state index is 0.155. The van der Waals surface area contributed by atoms with Crippen LogP contribution in [0.15, 0.2) is 54.6 Å². The van der Waals surface area contributed by atoms with Crippen LogP contribution in [0.1, 0.15) is 49.4 Å². The molecule has 2 aromatic carbocycles. The Balaban J connectivity index is 1.72.